The number of amides is 1. The normalized spacial score (nSPS) is 22.8. The van der Waals surface area contributed by atoms with E-state index in [0.717, 1.165) is 11.3 Å². The molecule has 0 spiro atoms. The Morgan fingerprint density at radius 1 is 1.24 bits per heavy atom. The maximum absolute atomic E-state index is 11.2. The predicted molar refractivity (Wildman–Crippen MR) is 88.2 cm³/mol. The summed E-state index contributed by atoms with van der Waals surface area (Å²) in [5.74, 6) is 0.383. The largest absolute Gasteiger partial charge is 0.382 e. The Bertz CT molecular complexity index is 490. The molecular weight excluding hydrogens is 260 g/mol. The summed E-state index contributed by atoms with van der Waals surface area (Å²) in [6.07, 6.45) is 5.38. The molecule has 2 atom stereocenters. The van der Waals surface area contributed by atoms with Gasteiger partial charge in [0.2, 0.25) is 5.91 Å². The Morgan fingerprint density at radius 3 is 2.57 bits per heavy atom. The number of para-hydroxylation sites is 1. The lowest BCUT2D eigenvalue weighted by molar-refractivity contribution is -0.117. The highest BCUT2D eigenvalue weighted by Crippen LogP contribution is 2.39. The molecule has 21 heavy (non-hydrogen) atoms. The van der Waals surface area contributed by atoms with Gasteiger partial charge in [0.15, 0.2) is 0 Å². The van der Waals surface area contributed by atoms with E-state index in [4.69, 9.17) is 5.73 Å². The first-order valence-corrected chi connectivity index (χ1v) is 8.00. The van der Waals surface area contributed by atoms with Crippen molar-refractivity contribution in [3.8, 4) is 0 Å². The molecule has 1 amide bonds. The zero-order valence-electron chi connectivity index (χ0n) is 13.5. The summed E-state index contributed by atoms with van der Waals surface area (Å²) in [5.41, 5.74) is 7.73. The molecule has 116 valence electrons. The molecule has 1 saturated carbocycles. The van der Waals surface area contributed by atoms with Crippen molar-refractivity contribution in [1.82, 2.24) is 0 Å². The van der Waals surface area contributed by atoms with E-state index in [-0.39, 0.29) is 5.91 Å². The maximum Gasteiger partial charge on any atom is 0.221 e. The number of carbonyl (C=O) groups excluding carboxylic acids is 1. The highest BCUT2D eigenvalue weighted by molar-refractivity contribution is 5.78. The second-order valence-corrected chi connectivity index (χ2v) is 7.31. The van der Waals surface area contributed by atoms with Crippen LogP contribution < -0.4 is 11.1 Å². The van der Waals surface area contributed by atoms with Gasteiger partial charge in [0, 0.05) is 11.7 Å². The number of nitrogens with one attached hydrogen (secondary N) is 1. The standard InChI is InChI=1S/C18H28N2O/c1-18(2,3)14-9-5-7-11-16(14)20-15-10-6-4-8-13(15)12-17(19)21/h4,6,8,10,14,16,20H,5,7,9,11-12H2,1-3H3,(H2,19,21). The van der Waals surface area contributed by atoms with Crippen LogP contribution in [-0.4, -0.2) is 11.9 Å². The van der Waals surface area contributed by atoms with E-state index in [2.05, 4.69) is 32.2 Å². The van der Waals surface area contributed by atoms with Gasteiger partial charge in [-0.1, -0.05) is 51.8 Å². The lowest BCUT2D eigenvalue weighted by Crippen LogP contribution is -2.40. The van der Waals surface area contributed by atoms with Gasteiger partial charge in [0.05, 0.1) is 6.42 Å². The first kappa shape index (κ1) is 15.9. The Balaban J connectivity index is 2.17. The van der Waals surface area contributed by atoms with Crippen LogP contribution in [0.1, 0.15) is 52.0 Å². The minimum absolute atomic E-state index is 0.278. The van der Waals surface area contributed by atoms with Gasteiger partial charge < -0.3 is 11.1 Å². The summed E-state index contributed by atoms with van der Waals surface area (Å²) in [6.45, 7) is 6.98. The lowest BCUT2D eigenvalue weighted by atomic mass is 9.69. The second kappa shape index (κ2) is 6.50. The van der Waals surface area contributed by atoms with Crippen LogP contribution in [0.15, 0.2) is 24.3 Å². The molecule has 2 unspecified atom stereocenters. The van der Waals surface area contributed by atoms with E-state index in [1.54, 1.807) is 0 Å². The van der Waals surface area contributed by atoms with Crippen molar-refractivity contribution < 1.29 is 4.79 Å². The third-order valence-electron chi connectivity index (χ3n) is 4.60. The van der Waals surface area contributed by atoms with Crippen LogP contribution in [0.3, 0.4) is 0 Å². The van der Waals surface area contributed by atoms with E-state index in [1.165, 1.54) is 25.7 Å². The highest BCUT2D eigenvalue weighted by atomic mass is 16.1. The molecule has 0 saturated heterocycles. The number of hydrogen-bond donors (Lipinski definition) is 2. The van der Waals surface area contributed by atoms with Gasteiger partial charge in [-0.25, -0.2) is 0 Å². The highest BCUT2D eigenvalue weighted by Gasteiger charge is 2.34. The van der Waals surface area contributed by atoms with Gasteiger partial charge in [0.1, 0.15) is 0 Å². The molecule has 1 aliphatic carbocycles. The van der Waals surface area contributed by atoms with Crippen LogP contribution in [0.5, 0.6) is 0 Å². The van der Waals surface area contributed by atoms with Crippen molar-refractivity contribution in [2.45, 2.75) is 58.9 Å². The Labute approximate surface area is 128 Å². The Hall–Kier alpha value is -1.51. The zero-order chi connectivity index (χ0) is 15.5. The smallest absolute Gasteiger partial charge is 0.221 e. The minimum Gasteiger partial charge on any atom is -0.382 e. The molecule has 0 heterocycles. The fraction of sp³-hybridized carbons (Fsp3) is 0.611. The van der Waals surface area contributed by atoms with Gasteiger partial charge in [0.25, 0.3) is 0 Å². The fourth-order valence-corrected chi connectivity index (χ4v) is 3.54. The molecule has 0 aliphatic heterocycles. The molecule has 3 nitrogen and oxygen atoms in total. The van der Waals surface area contributed by atoms with Crippen LogP contribution in [0.2, 0.25) is 0 Å². The number of nitrogens with two attached hydrogens (primary N) is 1. The second-order valence-electron chi connectivity index (χ2n) is 7.31. The van der Waals surface area contributed by atoms with Crippen LogP contribution in [0.25, 0.3) is 0 Å². The number of anilines is 1. The van der Waals surface area contributed by atoms with Crippen molar-refractivity contribution in [2.24, 2.45) is 17.1 Å². The number of rotatable bonds is 4. The maximum atomic E-state index is 11.2. The SMILES string of the molecule is CC(C)(C)C1CCCCC1Nc1ccccc1CC(N)=O. The number of hydrogen-bond acceptors (Lipinski definition) is 2. The summed E-state index contributed by atoms with van der Waals surface area (Å²) >= 11 is 0. The van der Waals surface area contributed by atoms with Crippen LogP contribution in [0.4, 0.5) is 5.69 Å². The molecule has 1 aromatic rings. The predicted octanol–water partition coefficient (Wildman–Crippen LogP) is 3.73. The van der Waals surface area contributed by atoms with Crippen LogP contribution in [-0.2, 0) is 11.2 Å². The molecule has 2 rings (SSSR count). The van der Waals surface area contributed by atoms with Gasteiger partial charge >= 0.3 is 0 Å². The van der Waals surface area contributed by atoms with E-state index >= 15 is 0 Å². The first-order valence-electron chi connectivity index (χ1n) is 8.00. The lowest BCUT2D eigenvalue weighted by Gasteiger charge is -2.41. The number of primary amides is 1. The molecule has 0 aromatic heterocycles. The third kappa shape index (κ3) is 4.23. The first-order chi connectivity index (χ1) is 9.88. The summed E-state index contributed by atoms with van der Waals surface area (Å²) in [6, 6.07) is 8.51. The fourth-order valence-electron chi connectivity index (χ4n) is 3.54. The van der Waals surface area contributed by atoms with Gasteiger partial charge in [-0.15, -0.1) is 0 Å². The molecule has 3 N–H and O–H groups in total. The van der Waals surface area contributed by atoms with Crippen molar-refractivity contribution >= 4 is 11.6 Å². The van der Waals surface area contributed by atoms with E-state index in [9.17, 15) is 4.79 Å². The van der Waals surface area contributed by atoms with Gasteiger partial charge in [-0.3, -0.25) is 4.79 Å². The average Bonchev–Trinajstić information content (AvgIpc) is 2.40. The van der Waals surface area contributed by atoms with E-state index in [0.29, 0.717) is 23.8 Å². The van der Waals surface area contributed by atoms with Gasteiger partial charge in [-0.05, 0) is 35.8 Å². The Morgan fingerprint density at radius 2 is 1.90 bits per heavy atom. The Kier molecular flexibility index (Phi) is 4.92. The van der Waals surface area contributed by atoms with E-state index in [1.807, 2.05) is 18.2 Å². The van der Waals surface area contributed by atoms with Crippen molar-refractivity contribution in [2.75, 3.05) is 5.32 Å². The molecule has 1 aliphatic rings. The van der Waals surface area contributed by atoms with Crippen LogP contribution in [0, 0.1) is 11.3 Å². The monoisotopic (exact) mass is 288 g/mol. The molecular formula is C18H28N2O. The summed E-state index contributed by atoms with van der Waals surface area (Å²) in [4.78, 5) is 11.2. The van der Waals surface area contributed by atoms with Crippen molar-refractivity contribution in [3.63, 3.8) is 0 Å². The minimum atomic E-state index is -0.278. The topological polar surface area (TPSA) is 55.1 Å². The zero-order valence-corrected chi connectivity index (χ0v) is 13.5. The summed E-state index contributed by atoms with van der Waals surface area (Å²) < 4.78 is 0. The molecule has 1 fully saturated rings. The van der Waals surface area contributed by atoms with E-state index < -0.39 is 0 Å². The molecule has 1 aromatic carbocycles. The van der Waals surface area contributed by atoms with Crippen molar-refractivity contribution in [3.05, 3.63) is 29.8 Å². The summed E-state index contributed by atoms with van der Waals surface area (Å²) in [7, 11) is 0. The number of benzene rings is 1. The molecule has 0 bridgehead atoms. The molecule has 0 radical (unpaired) electrons. The third-order valence-corrected chi connectivity index (χ3v) is 4.60. The molecule has 3 heteroatoms. The number of carbonyl (C=O) groups is 1. The quantitative estimate of drug-likeness (QED) is 0.887. The average molecular weight is 288 g/mol. The van der Waals surface area contributed by atoms with Gasteiger partial charge in [-0.2, -0.15) is 0 Å². The van der Waals surface area contributed by atoms with Crippen LogP contribution >= 0.6 is 0 Å². The summed E-state index contributed by atoms with van der Waals surface area (Å²) in [5, 5.41) is 3.70. The van der Waals surface area contributed by atoms with Crippen molar-refractivity contribution in [1.29, 1.82) is 0 Å².